The monoisotopic (exact) mass is 446 g/mol. The maximum absolute atomic E-state index is 4.62. The van der Waals surface area contributed by atoms with E-state index in [1.807, 2.05) is 42.5 Å². The van der Waals surface area contributed by atoms with Crippen LogP contribution in [0.1, 0.15) is 10.6 Å². The molecule has 0 N–H and O–H groups in total. The van der Waals surface area contributed by atoms with Crippen LogP contribution in [0.5, 0.6) is 0 Å². The Morgan fingerprint density at radius 1 is 1.08 bits per heavy atom. The molecule has 25 heavy (non-hydrogen) atoms. The van der Waals surface area contributed by atoms with Crippen molar-refractivity contribution < 1.29 is 0 Å². The van der Waals surface area contributed by atoms with E-state index in [4.69, 9.17) is 0 Å². The fraction of sp³-hybridized carbons (Fsp3) is 0.0588. The number of aromatic nitrogens is 3. The maximum Gasteiger partial charge on any atom is 0.231 e. The smallest absolute Gasteiger partial charge is 0.230 e. The predicted molar refractivity (Wildman–Crippen MR) is 110 cm³/mol. The first-order chi connectivity index (χ1) is 12.3. The van der Waals surface area contributed by atoms with Gasteiger partial charge in [0.2, 0.25) is 5.13 Å². The van der Waals surface area contributed by atoms with Gasteiger partial charge in [-0.15, -0.1) is 21.5 Å². The molecular weight excluding hydrogens is 436 g/mol. The number of hydrogen-bond donors (Lipinski definition) is 0. The fourth-order valence-electron chi connectivity index (χ4n) is 2.11. The first-order valence-corrected chi connectivity index (χ1v) is 10.8. The Kier molecular flexibility index (Phi) is 5.21. The van der Waals surface area contributed by atoms with Gasteiger partial charge in [-0.05, 0) is 29.8 Å². The van der Waals surface area contributed by atoms with Gasteiger partial charge in [-0.1, -0.05) is 63.3 Å². The predicted octanol–water partition coefficient (Wildman–Crippen LogP) is 5.95. The summed E-state index contributed by atoms with van der Waals surface area (Å²) in [5.41, 5.74) is 2.07. The number of hydrogen-bond acceptors (Lipinski definition) is 7. The highest BCUT2D eigenvalue weighted by Gasteiger charge is 2.07. The first-order valence-electron chi connectivity index (χ1n) is 7.37. The van der Waals surface area contributed by atoms with Gasteiger partial charge in [0.05, 0.1) is 16.0 Å². The van der Waals surface area contributed by atoms with Gasteiger partial charge in [-0.25, -0.2) is 9.98 Å². The van der Waals surface area contributed by atoms with Crippen molar-refractivity contribution in [2.75, 3.05) is 0 Å². The molecule has 0 spiro atoms. The van der Waals surface area contributed by atoms with E-state index in [-0.39, 0.29) is 0 Å². The zero-order chi connectivity index (χ0) is 17.1. The van der Waals surface area contributed by atoms with Gasteiger partial charge in [0.15, 0.2) is 4.34 Å². The van der Waals surface area contributed by atoms with E-state index < -0.39 is 0 Å². The molecule has 4 rings (SSSR count). The second kappa shape index (κ2) is 7.74. The maximum atomic E-state index is 4.62. The van der Waals surface area contributed by atoms with Gasteiger partial charge < -0.3 is 0 Å². The van der Waals surface area contributed by atoms with Gasteiger partial charge in [-0.3, -0.25) is 0 Å². The Bertz CT molecular complexity index is 1010. The van der Waals surface area contributed by atoms with Crippen LogP contribution in [0.15, 0.2) is 62.3 Å². The second-order valence-electron chi connectivity index (χ2n) is 5.03. The summed E-state index contributed by atoms with van der Waals surface area (Å²) in [6, 6.07) is 16.2. The van der Waals surface area contributed by atoms with Gasteiger partial charge >= 0.3 is 0 Å². The molecule has 0 bridgehead atoms. The average molecular weight is 447 g/mol. The van der Waals surface area contributed by atoms with Crippen molar-refractivity contribution in [2.24, 2.45) is 4.99 Å². The van der Waals surface area contributed by atoms with Crippen LogP contribution in [0.25, 0.3) is 10.2 Å². The Morgan fingerprint density at radius 3 is 2.88 bits per heavy atom. The van der Waals surface area contributed by atoms with E-state index >= 15 is 0 Å². The van der Waals surface area contributed by atoms with Crippen molar-refractivity contribution in [2.45, 2.75) is 10.1 Å². The van der Waals surface area contributed by atoms with Crippen molar-refractivity contribution in [3.63, 3.8) is 0 Å². The van der Waals surface area contributed by atoms with E-state index in [0.717, 1.165) is 30.7 Å². The Hall–Kier alpha value is -1.61. The summed E-state index contributed by atoms with van der Waals surface area (Å²) in [6.07, 6.45) is 1.80. The molecule has 4 aromatic rings. The minimum absolute atomic E-state index is 0.667. The Labute approximate surface area is 165 Å². The van der Waals surface area contributed by atoms with E-state index in [0.29, 0.717) is 5.13 Å². The first kappa shape index (κ1) is 16.8. The summed E-state index contributed by atoms with van der Waals surface area (Å²) in [4.78, 5) is 9.03. The lowest BCUT2D eigenvalue weighted by atomic mass is 10.2. The molecule has 0 saturated heterocycles. The molecule has 0 aliphatic carbocycles. The number of thiazole rings is 1. The highest BCUT2D eigenvalue weighted by molar-refractivity contribution is 9.10. The molecule has 4 nitrogen and oxygen atoms in total. The number of nitrogens with zero attached hydrogens (tertiary/aromatic N) is 4. The Morgan fingerprint density at radius 2 is 2.00 bits per heavy atom. The molecular formula is C17H11BrN4S3. The van der Waals surface area contributed by atoms with Crippen molar-refractivity contribution >= 4 is 71.9 Å². The minimum Gasteiger partial charge on any atom is -0.230 e. The average Bonchev–Trinajstić information content (AvgIpc) is 3.24. The van der Waals surface area contributed by atoms with Crippen LogP contribution in [0, 0.1) is 0 Å². The second-order valence-corrected chi connectivity index (χ2v) is 9.24. The van der Waals surface area contributed by atoms with Crippen LogP contribution in [0.4, 0.5) is 5.13 Å². The molecule has 2 aromatic carbocycles. The number of thioether (sulfide) groups is 1. The zero-order valence-corrected chi connectivity index (χ0v) is 16.8. The van der Waals surface area contributed by atoms with E-state index in [2.05, 4.69) is 42.2 Å². The fourth-order valence-corrected chi connectivity index (χ4v) is 5.26. The van der Waals surface area contributed by atoms with E-state index in [1.165, 1.54) is 16.0 Å². The number of aliphatic imine (C=N–C) groups is 1. The standard InChI is InChI=1S/C17H11BrN4S3/c18-12-5-3-4-11(8-12)9-19-16-22-21-15(25-16)10-23-17-20-13-6-1-2-7-14(13)24-17/h1-9H,10H2/b19-9+. The number of fused-ring (bicyclic) bond motifs is 1. The zero-order valence-electron chi connectivity index (χ0n) is 12.8. The molecule has 8 heteroatoms. The highest BCUT2D eigenvalue weighted by Crippen LogP contribution is 2.32. The molecule has 0 atom stereocenters. The lowest BCUT2D eigenvalue weighted by Crippen LogP contribution is -1.79. The third-order valence-electron chi connectivity index (χ3n) is 3.22. The molecule has 124 valence electrons. The molecule has 0 aliphatic heterocycles. The summed E-state index contributed by atoms with van der Waals surface area (Å²) < 4.78 is 3.29. The van der Waals surface area contributed by atoms with Crippen LogP contribution in [-0.4, -0.2) is 21.4 Å². The quantitative estimate of drug-likeness (QED) is 0.280. The third kappa shape index (κ3) is 4.33. The van der Waals surface area contributed by atoms with Gasteiger partial charge in [0, 0.05) is 10.7 Å². The lowest BCUT2D eigenvalue weighted by molar-refractivity contribution is 1.04. The summed E-state index contributed by atoms with van der Waals surface area (Å²) >= 11 is 8.35. The van der Waals surface area contributed by atoms with Crippen LogP contribution in [-0.2, 0) is 5.75 Å². The summed E-state index contributed by atoms with van der Waals surface area (Å²) in [5.74, 6) is 0.754. The van der Waals surface area contributed by atoms with Crippen LogP contribution >= 0.6 is 50.4 Å². The largest absolute Gasteiger partial charge is 0.231 e. The van der Waals surface area contributed by atoms with Gasteiger partial charge in [0.25, 0.3) is 0 Å². The van der Waals surface area contributed by atoms with E-state index in [9.17, 15) is 0 Å². The Balaban J connectivity index is 1.41. The molecule has 0 amide bonds. The number of rotatable bonds is 5. The molecule has 2 aromatic heterocycles. The molecule has 0 unspecified atom stereocenters. The topological polar surface area (TPSA) is 51.0 Å². The van der Waals surface area contributed by atoms with Crippen LogP contribution in [0.3, 0.4) is 0 Å². The van der Waals surface area contributed by atoms with E-state index in [1.54, 1.807) is 29.3 Å². The lowest BCUT2D eigenvalue weighted by Gasteiger charge is -1.92. The summed E-state index contributed by atoms with van der Waals surface area (Å²) in [7, 11) is 0. The molecule has 0 saturated carbocycles. The van der Waals surface area contributed by atoms with Gasteiger partial charge in [-0.2, -0.15) is 0 Å². The SMILES string of the molecule is Brc1cccc(/C=N/c2nnc(CSc3nc4ccccc4s3)s2)c1. The molecule has 0 fully saturated rings. The van der Waals surface area contributed by atoms with Gasteiger partial charge in [0.1, 0.15) is 5.01 Å². The van der Waals surface area contributed by atoms with Crippen LogP contribution in [0.2, 0.25) is 0 Å². The highest BCUT2D eigenvalue weighted by atomic mass is 79.9. The molecule has 0 aliphatic rings. The minimum atomic E-state index is 0.667. The summed E-state index contributed by atoms with van der Waals surface area (Å²) in [5, 5.41) is 9.97. The van der Waals surface area contributed by atoms with Crippen molar-refractivity contribution in [3.05, 3.63) is 63.6 Å². The summed E-state index contributed by atoms with van der Waals surface area (Å²) in [6.45, 7) is 0. The molecule has 0 radical (unpaired) electrons. The van der Waals surface area contributed by atoms with Crippen molar-refractivity contribution in [3.8, 4) is 0 Å². The van der Waals surface area contributed by atoms with Crippen molar-refractivity contribution in [1.82, 2.24) is 15.2 Å². The van der Waals surface area contributed by atoms with Crippen LogP contribution < -0.4 is 0 Å². The number of benzene rings is 2. The number of para-hydroxylation sites is 1. The third-order valence-corrected chi connectivity index (χ3v) is 6.92. The normalized spacial score (nSPS) is 11.6. The molecule has 2 heterocycles. The number of halogens is 1. The van der Waals surface area contributed by atoms with Crippen molar-refractivity contribution in [1.29, 1.82) is 0 Å².